The Kier molecular flexibility index (Phi) is 3.18. The normalized spacial score (nSPS) is 24.5. The monoisotopic (exact) mass is 252 g/mol. The largest absolute Gasteiger partial charge is 0.388 e. The van der Waals surface area contributed by atoms with Gasteiger partial charge in [0.05, 0.1) is 5.60 Å². The van der Waals surface area contributed by atoms with Gasteiger partial charge in [0.25, 0.3) is 0 Å². The van der Waals surface area contributed by atoms with Crippen LogP contribution in [-0.2, 0) is 0 Å². The third-order valence-electron chi connectivity index (χ3n) is 2.80. The maximum Gasteiger partial charge on any atom is 0.225 e. The Balaban J connectivity index is 2.28. The van der Waals surface area contributed by atoms with Crippen LogP contribution < -0.4 is 4.90 Å². The van der Waals surface area contributed by atoms with Gasteiger partial charge in [-0.1, -0.05) is 0 Å². The van der Waals surface area contributed by atoms with Gasteiger partial charge in [-0.05, 0) is 31.4 Å². The van der Waals surface area contributed by atoms with Crippen molar-refractivity contribution < 1.29 is 5.11 Å². The third kappa shape index (κ3) is 2.84. The van der Waals surface area contributed by atoms with Crippen LogP contribution in [-0.4, -0.2) is 33.8 Å². The second kappa shape index (κ2) is 4.47. The van der Waals surface area contributed by atoms with Crippen LogP contribution in [0.15, 0.2) is 6.07 Å². The summed E-state index contributed by atoms with van der Waals surface area (Å²) in [4.78, 5) is 9.81. The molecular weight excluding hydrogens is 240 g/mol. The van der Waals surface area contributed by atoms with E-state index in [0.29, 0.717) is 12.4 Å². The van der Waals surface area contributed by atoms with Gasteiger partial charge < -0.3 is 10.0 Å². The Morgan fingerprint density at radius 3 is 3.00 bits per heavy atom. The summed E-state index contributed by atoms with van der Waals surface area (Å²) in [7, 11) is 0. The lowest BCUT2D eigenvalue weighted by Gasteiger charge is -2.37. The predicted molar refractivity (Wildman–Crippen MR) is 63.8 cm³/mol. The van der Waals surface area contributed by atoms with Crippen LogP contribution in [0.2, 0.25) is 5.28 Å². The molecule has 6 heteroatoms. The molecule has 0 saturated carbocycles. The Morgan fingerprint density at radius 2 is 2.35 bits per heavy atom. The first-order chi connectivity index (χ1) is 8.00. The number of hydrogen-bond donors (Lipinski definition) is 1. The van der Waals surface area contributed by atoms with Gasteiger partial charge >= 0.3 is 0 Å². The van der Waals surface area contributed by atoms with Crippen molar-refractivity contribution in [3.05, 3.63) is 17.0 Å². The molecule has 90 valence electrons. The molecule has 1 saturated heterocycles. The van der Waals surface area contributed by atoms with E-state index in [4.69, 9.17) is 16.9 Å². The first-order valence-corrected chi connectivity index (χ1v) is 5.80. The molecule has 0 bridgehead atoms. The average molecular weight is 253 g/mol. The fourth-order valence-corrected chi connectivity index (χ4v) is 2.22. The lowest BCUT2D eigenvalue weighted by Crippen LogP contribution is -2.46. The second-order valence-corrected chi connectivity index (χ2v) is 4.85. The maximum absolute atomic E-state index is 10.0. The van der Waals surface area contributed by atoms with Gasteiger partial charge in [-0.3, -0.25) is 0 Å². The maximum atomic E-state index is 10.0. The molecule has 1 N–H and O–H groups in total. The minimum atomic E-state index is -0.720. The third-order valence-corrected chi connectivity index (χ3v) is 2.97. The lowest BCUT2D eigenvalue weighted by atomic mass is 9.95. The van der Waals surface area contributed by atoms with Gasteiger partial charge in [0.1, 0.15) is 17.6 Å². The smallest absolute Gasteiger partial charge is 0.225 e. The van der Waals surface area contributed by atoms with E-state index in [1.807, 2.05) is 11.0 Å². The summed E-state index contributed by atoms with van der Waals surface area (Å²) in [6, 6.07) is 3.53. The number of aliphatic hydroxyl groups is 1. The number of aromatic nitrogens is 2. The van der Waals surface area contributed by atoms with Crippen molar-refractivity contribution in [1.29, 1.82) is 5.26 Å². The fraction of sp³-hybridized carbons (Fsp3) is 0.545. The van der Waals surface area contributed by atoms with E-state index in [9.17, 15) is 5.11 Å². The Labute approximate surface area is 105 Å². The zero-order valence-corrected chi connectivity index (χ0v) is 10.3. The summed E-state index contributed by atoms with van der Waals surface area (Å²) in [5.41, 5.74) is -0.479. The summed E-state index contributed by atoms with van der Waals surface area (Å²) in [6.07, 6.45) is 1.66. The Morgan fingerprint density at radius 1 is 1.59 bits per heavy atom. The van der Waals surface area contributed by atoms with E-state index in [2.05, 4.69) is 9.97 Å². The molecule has 0 unspecified atom stereocenters. The molecule has 0 spiro atoms. The molecule has 0 aromatic carbocycles. The molecule has 5 nitrogen and oxygen atoms in total. The number of anilines is 1. The standard InChI is InChI=1S/C11H13ClN4O/c1-11(17)3-2-4-16(7-11)9-5-8(6-13)14-10(12)15-9/h5,17H,2-4,7H2,1H3/t11-/m1/s1. The molecule has 1 aliphatic heterocycles. The van der Waals surface area contributed by atoms with E-state index in [0.717, 1.165) is 19.4 Å². The van der Waals surface area contributed by atoms with Crippen LogP contribution in [0.25, 0.3) is 0 Å². The van der Waals surface area contributed by atoms with E-state index in [-0.39, 0.29) is 11.0 Å². The van der Waals surface area contributed by atoms with Crippen LogP contribution in [0.5, 0.6) is 0 Å². The van der Waals surface area contributed by atoms with Crippen molar-refractivity contribution in [3.63, 3.8) is 0 Å². The summed E-state index contributed by atoms with van der Waals surface area (Å²) >= 11 is 5.76. The van der Waals surface area contributed by atoms with Gasteiger partial charge in [-0.15, -0.1) is 0 Å². The number of β-amino-alcohol motifs (C(OH)–C–C–N with tert-alkyl or cyclic N) is 1. The number of nitriles is 1. The highest BCUT2D eigenvalue weighted by Crippen LogP contribution is 2.25. The van der Waals surface area contributed by atoms with E-state index >= 15 is 0 Å². The number of nitrogens with zero attached hydrogens (tertiary/aromatic N) is 4. The number of rotatable bonds is 1. The highest BCUT2D eigenvalue weighted by molar-refractivity contribution is 6.28. The zero-order chi connectivity index (χ0) is 12.5. The van der Waals surface area contributed by atoms with Gasteiger partial charge in [-0.2, -0.15) is 5.26 Å². The molecule has 1 aliphatic rings. The SMILES string of the molecule is C[C@@]1(O)CCCN(c2cc(C#N)nc(Cl)n2)C1. The lowest BCUT2D eigenvalue weighted by molar-refractivity contribution is 0.0447. The van der Waals surface area contributed by atoms with Crippen molar-refractivity contribution in [2.24, 2.45) is 0 Å². The minimum absolute atomic E-state index is 0.0595. The molecule has 0 amide bonds. The molecule has 0 aliphatic carbocycles. The second-order valence-electron chi connectivity index (χ2n) is 4.51. The number of piperidine rings is 1. The number of halogens is 1. The quantitative estimate of drug-likeness (QED) is 0.764. The Hall–Kier alpha value is -1.38. The van der Waals surface area contributed by atoms with Crippen LogP contribution in [0.3, 0.4) is 0 Å². The summed E-state index contributed by atoms with van der Waals surface area (Å²) in [6.45, 7) is 3.09. The zero-order valence-electron chi connectivity index (χ0n) is 9.52. The fourth-order valence-electron chi connectivity index (χ4n) is 2.04. The van der Waals surface area contributed by atoms with Crippen LogP contribution in [0.1, 0.15) is 25.5 Å². The van der Waals surface area contributed by atoms with Gasteiger partial charge in [0.2, 0.25) is 5.28 Å². The summed E-state index contributed by atoms with van der Waals surface area (Å²) in [5.74, 6) is 0.599. The minimum Gasteiger partial charge on any atom is -0.388 e. The molecule has 0 radical (unpaired) electrons. The molecule has 2 heterocycles. The molecule has 17 heavy (non-hydrogen) atoms. The van der Waals surface area contributed by atoms with Crippen LogP contribution in [0, 0.1) is 11.3 Å². The Bertz CT molecular complexity index is 469. The molecule has 1 fully saturated rings. The van der Waals surface area contributed by atoms with Gasteiger partial charge in [-0.25, -0.2) is 9.97 Å². The average Bonchev–Trinajstić information content (AvgIpc) is 2.27. The first kappa shape index (κ1) is 12.1. The van der Waals surface area contributed by atoms with Crippen molar-refractivity contribution in [1.82, 2.24) is 9.97 Å². The first-order valence-electron chi connectivity index (χ1n) is 5.42. The molecular formula is C11H13ClN4O. The summed E-state index contributed by atoms with van der Waals surface area (Å²) in [5, 5.41) is 18.9. The van der Waals surface area contributed by atoms with Crippen LogP contribution in [0.4, 0.5) is 5.82 Å². The van der Waals surface area contributed by atoms with Gasteiger partial charge in [0.15, 0.2) is 0 Å². The molecule has 1 atom stereocenters. The van der Waals surface area contributed by atoms with Crippen molar-refractivity contribution in [2.45, 2.75) is 25.4 Å². The molecule has 1 aromatic rings. The van der Waals surface area contributed by atoms with Crippen molar-refractivity contribution in [3.8, 4) is 6.07 Å². The van der Waals surface area contributed by atoms with Gasteiger partial charge in [0, 0.05) is 19.2 Å². The highest BCUT2D eigenvalue weighted by atomic mass is 35.5. The van der Waals surface area contributed by atoms with Crippen molar-refractivity contribution >= 4 is 17.4 Å². The van der Waals surface area contributed by atoms with Crippen molar-refractivity contribution in [2.75, 3.05) is 18.0 Å². The highest BCUT2D eigenvalue weighted by Gasteiger charge is 2.29. The number of hydrogen-bond acceptors (Lipinski definition) is 5. The topological polar surface area (TPSA) is 73.0 Å². The van der Waals surface area contributed by atoms with Crippen LogP contribution >= 0.6 is 11.6 Å². The van der Waals surface area contributed by atoms with E-state index < -0.39 is 5.60 Å². The van der Waals surface area contributed by atoms with E-state index in [1.54, 1.807) is 13.0 Å². The van der Waals surface area contributed by atoms with E-state index in [1.165, 1.54) is 0 Å². The molecule has 1 aromatic heterocycles. The summed E-state index contributed by atoms with van der Waals surface area (Å²) < 4.78 is 0. The molecule has 2 rings (SSSR count). The predicted octanol–water partition coefficient (Wildman–Crippen LogP) is 1.35.